The smallest absolute Gasteiger partial charge is 0.216 e. The maximum absolute atomic E-state index is 12.3. The predicted octanol–water partition coefficient (Wildman–Crippen LogP) is 3.02. The first-order chi connectivity index (χ1) is 13.4. The second-order valence-corrected chi connectivity index (χ2v) is 8.51. The van der Waals surface area contributed by atoms with Gasteiger partial charge in [-0.3, -0.25) is 0 Å². The van der Waals surface area contributed by atoms with Gasteiger partial charge in [-0.25, -0.2) is 18.1 Å². The van der Waals surface area contributed by atoms with E-state index in [1.807, 2.05) is 57.2 Å². The molecule has 0 amide bonds. The molecular formula is C20H31IN4O3S. The van der Waals surface area contributed by atoms with Crippen molar-refractivity contribution in [2.75, 3.05) is 13.1 Å². The number of furan rings is 1. The van der Waals surface area contributed by atoms with Crippen molar-refractivity contribution in [3.8, 4) is 0 Å². The van der Waals surface area contributed by atoms with Gasteiger partial charge in [0.25, 0.3) is 0 Å². The molecule has 0 saturated heterocycles. The highest BCUT2D eigenvalue weighted by molar-refractivity contribution is 14.0. The molecule has 0 radical (unpaired) electrons. The number of nitrogens with zero attached hydrogens (tertiary/aromatic N) is 1. The molecule has 162 valence electrons. The molecule has 0 fully saturated rings. The van der Waals surface area contributed by atoms with E-state index in [1.165, 1.54) is 0 Å². The summed E-state index contributed by atoms with van der Waals surface area (Å²) in [5.74, 6) is 1.54. The lowest BCUT2D eigenvalue weighted by atomic mass is 10.1. The van der Waals surface area contributed by atoms with Crippen molar-refractivity contribution in [1.29, 1.82) is 0 Å². The molecular weight excluding hydrogens is 503 g/mol. The van der Waals surface area contributed by atoms with E-state index in [9.17, 15) is 8.42 Å². The molecule has 29 heavy (non-hydrogen) atoms. The van der Waals surface area contributed by atoms with Gasteiger partial charge in [0.2, 0.25) is 10.0 Å². The van der Waals surface area contributed by atoms with Crippen molar-refractivity contribution in [3.05, 3.63) is 59.5 Å². The molecule has 0 saturated carbocycles. The van der Waals surface area contributed by atoms with Gasteiger partial charge in [-0.2, -0.15) is 0 Å². The third kappa shape index (κ3) is 9.64. The number of hydrogen-bond acceptors (Lipinski definition) is 4. The molecule has 0 aliphatic carbocycles. The van der Waals surface area contributed by atoms with Crippen molar-refractivity contribution in [2.45, 2.75) is 45.5 Å². The molecule has 1 aromatic carbocycles. The number of guanidine groups is 1. The summed E-state index contributed by atoms with van der Waals surface area (Å²) < 4.78 is 32.5. The van der Waals surface area contributed by atoms with Gasteiger partial charge in [-0.15, -0.1) is 24.0 Å². The Morgan fingerprint density at radius 3 is 2.45 bits per heavy atom. The van der Waals surface area contributed by atoms with Crippen molar-refractivity contribution in [1.82, 2.24) is 15.4 Å². The van der Waals surface area contributed by atoms with Gasteiger partial charge in [0.15, 0.2) is 5.96 Å². The van der Waals surface area contributed by atoms with E-state index in [2.05, 4.69) is 20.3 Å². The average molecular weight is 534 g/mol. The Kier molecular flexibility index (Phi) is 11.3. The number of nitrogens with one attached hydrogen (secondary N) is 3. The van der Waals surface area contributed by atoms with Gasteiger partial charge in [0, 0.05) is 25.6 Å². The standard InChI is InChI=1S/C20H30N4O3S.HI/c1-4-21-20(22-12-11-19-10-7-13-27-19)23-14-17-8-5-6-9-18(17)15-28(25,26)24-16(2)3;/h5-10,13,16,24H,4,11-12,14-15H2,1-3H3,(H2,21,22,23);1H. The van der Waals surface area contributed by atoms with Crippen LogP contribution >= 0.6 is 24.0 Å². The number of sulfonamides is 1. The molecule has 0 aliphatic rings. The van der Waals surface area contributed by atoms with Gasteiger partial charge >= 0.3 is 0 Å². The van der Waals surface area contributed by atoms with Crippen molar-refractivity contribution < 1.29 is 12.8 Å². The highest BCUT2D eigenvalue weighted by Gasteiger charge is 2.15. The minimum Gasteiger partial charge on any atom is -0.469 e. The molecule has 3 N–H and O–H groups in total. The molecule has 0 aliphatic heterocycles. The van der Waals surface area contributed by atoms with E-state index >= 15 is 0 Å². The fraction of sp³-hybridized carbons (Fsp3) is 0.450. The summed E-state index contributed by atoms with van der Waals surface area (Å²) in [4.78, 5) is 4.60. The molecule has 2 aromatic rings. The van der Waals surface area contributed by atoms with Crippen molar-refractivity contribution in [2.24, 2.45) is 4.99 Å². The number of halogens is 1. The van der Waals surface area contributed by atoms with Gasteiger partial charge in [0.1, 0.15) is 5.76 Å². The summed E-state index contributed by atoms with van der Waals surface area (Å²) in [5.41, 5.74) is 1.64. The normalized spacial score (nSPS) is 11.9. The highest BCUT2D eigenvalue weighted by atomic mass is 127. The Morgan fingerprint density at radius 2 is 1.83 bits per heavy atom. The molecule has 1 aromatic heterocycles. The Labute approximate surface area is 190 Å². The zero-order valence-corrected chi connectivity index (χ0v) is 20.3. The van der Waals surface area contributed by atoms with E-state index in [0.29, 0.717) is 19.0 Å². The van der Waals surface area contributed by atoms with E-state index in [0.717, 1.165) is 29.9 Å². The van der Waals surface area contributed by atoms with Crippen LogP contribution in [0.25, 0.3) is 0 Å². The Morgan fingerprint density at radius 1 is 1.10 bits per heavy atom. The SMILES string of the molecule is CCNC(=NCc1ccccc1CS(=O)(=O)NC(C)C)NCCc1ccco1.I. The second kappa shape index (κ2) is 12.9. The predicted molar refractivity (Wildman–Crippen MR) is 128 cm³/mol. The van der Waals surface area contributed by atoms with Gasteiger partial charge < -0.3 is 15.1 Å². The van der Waals surface area contributed by atoms with Crippen LogP contribution in [0.2, 0.25) is 0 Å². The zero-order valence-electron chi connectivity index (χ0n) is 17.1. The molecule has 9 heteroatoms. The Hall–Kier alpha value is -1.59. The number of benzene rings is 1. The van der Waals surface area contributed by atoms with Crippen molar-refractivity contribution in [3.63, 3.8) is 0 Å². The molecule has 0 spiro atoms. The summed E-state index contributed by atoms with van der Waals surface area (Å²) in [6.45, 7) is 7.44. The van der Waals surface area contributed by atoms with Crippen LogP contribution in [0.1, 0.15) is 37.7 Å². The number of aliphatic imine (C=N–C) groups is 1. The fourth-order valence-corrected chi connectivity index (χ4v) is 4.22. The first-order valence-corrected chi connectivity index (χ1v) is 11.2. The van der Waals surface area contributed by atoms with Crippen LogP contribution < -0.4 is 15.4 Å². The average Bonchev–Trinajstić information content (AvgIpc) is 3.12. The lowest BCUT2D eigenvalue weighted by molar-refractivity contribution is 0.507. The maximum Gasteiger partial charge on any atom is 0.216 e. The molecule has 1 heterocycles. The minimum atomic E-state index is -3.38. The minimum absolute atomic E-state index is 0. The molecule has 0 atom stereocenters. The lowest BCUT2D eigenvalue weighted by Crippen LogP contribution is -2.38. The quantitative estimate of drug-likeness (QED) is 0.248. The van der Waals surface area contributed by atoms with Crippen LogP contribution in [-0.4, -0.2) is 33.5 Å². The van der Waals surface area contributed by atoms with Gasteiger partial charge in [-0.1, -0.05) is 24.3 Å². The molecule has 0 unspecified atom stereocenters. The topological polar surface area (TPSA) is 95.7 Å². The summed E-state index contributed by atoms with van der Waals surface area (Å²) in [5, 5.41) is 6.48. The van der Waals surface area contributed by atoms with Crippen LogP contribution in [0, 0.1) is 0 Å². The Balaban J connectivity index is 0.00000420. The summed E-state index contributed by atoms with van der Waals surface area (Å²) in [7, 11) is -3.38. The van der Waals surface area contributed by atoms with E-state index in [4.69, 9.17) is 4.42 Å². The highest BCUT2D eigenvalue weighted by Crippen LogP contribution is 2.13. The van der Waals surface area contributed by atoms with Gasteiger partial charge in [0.05, 0.1) is 18.6 Å². The van der Waals surface area contributed by atoms with Gasteiger partial charge in [-0.05, 0) is 44.0 Å². The third-order valence-electron chi connectivity index (χ3n) is 3.87. The first kappa shape index (κ1) is 25.4. The fourth-order valence-electron chi connectivity index (χ4n) is 2.72. The first-order valence-electron chi connectivity index (χ1n) is 9.51. The summed E-state index contributed by atoms with van der Waals surface area (Å²) in [6, 6.07) is 11.2. The van der Waals surface area contributed by atoms with Crippen LogP contribution in [0.5, 0.6) is 0 Å². The summed E-state index contributed by atoms with van der Waals surface area (Å²) in [6.07, 6.45) is 2.42. The van der Waals surface area contributed by atoms with E-state index in [1.54, 1.807) is 6.26 Å². The van der Waals surface area contributed by atoms with Crippen LogP contribution in [0.4, 0.5) is 0 Å². The second-order valence-electron chi connectivity index (χ2n) is 6.75. The largest absolute Gasteiger partial charge is 0.469 e. The van der Waals surface area contributed by atoms with E-state index in [-0.39, 0.29) is 35.8 Å². The number of hydrogen-bond donors (Lipinski definition) is 3. The third-order valence-corrected chi connectivity index (χ3v) is 5.40. The Bertz CT molecular complexity index is 852. The zero-order chi connectivity index (χ0) is 20.4. The van der Waals surface area contributed by atoms with Crippen LogP contribution in [0.3, 0.4) is 0 Å². The van der Waals surface area contributed by atoms with Crippen LogP contribution in [0.15, 0.2) is 52.1 Å². The number of rotatable bonds is 10. The molecule has 7 nitrogen and oxygen atoms in total. The summed E-state index contributed by atoms with van der Waals surface area (Å²) >= 11 is 0. The van der Waals surface area contributed by atoms with Crippen molar-refractivity contribution >= 4 is 40.0 Å². The molecule has 2 rings (SSSR count). The van der Waals surface area contributed by atoms with E-state index < -0.39 is 10.0 Å². The van der Waals surface area contributed by atoms with Crippen LogP contribution in [-0.2, 0) is 28.7 Å². The molecule has 0 bridgehead atoms. The monoisotopic (exact) mass is 534 g/mol. The maximum atomic E-state index is 12.3. The lowest BCUT2D eigenvalue weighted by Gasteiger charge is -2.13.